The Morgan fingerprint density at radius 2 is 1.81 bits per heavy atom. The van der Waals surface area contributed by atoms with Crippen LogP contribution in [-0.2, 0) is 21.2 Å². The number of amides is 1. The first kappa shape index (κ1) is 21.7. The van der Waals surface area contributed by atoms with E-state index in [-0.39, 0.29) is 24.2 Å². The van der Waals surface area contributed by atoms with Crippen LogP contribution in [0.1, 0.15) is 19.8 Å². The molecule has 0 spiro atoms. The molecule has 4 rings (SSSR count). The van der Waals surface area contributed by atoms with Crippen molar-refractivity contribution in [3.8, 4) is 0 Å². The quantitative estimate of drug-likeness (QED) is 0.607. The Kier molecular flexibility index (Phi) is 6.25. The lowest BCUT2D eigenvalue weighted by Gasteiger charge is -2.34. The fourth-order valence-electron chi connectivity index (χ4n) is 4.04. The van der Waals surface area contributed by atoms with Crippen LogP contribution in [0.2, 0.25) is 5.02 Å². The number of fused-ring (bicyclic) bond motifs is 1. The van der Waals surface area contributed by atoms with Crippen LogP contribution in [0.15, 0.2) is 59.6 Å². The van der Waals surface area contributed by atoms with E-state index in [2.05, 4.69) is 10.2 Å². The number of halogens is 1. The minimum absolute atomic E-state index is 0.00921. The van der Waals surface area contributed by atoms with E-state index in [1.807, 2.05) is 47.2 Å². The molecule has 3 aromatic rings. The van der Waals surface area contributed by atoms with Gasteiger partial charge in [-0.1, -0.05) is 24.6 Å². The van der Waals surface area contributed by atoms with E-state index in [1.165, 1.54) is 0 Å². The molecule has 0 bridgehead atoms. The maximum absolute atomic E-state index is 12.6. The number of sulfone groups is 1. The predicted octanol–water partition coefficient (Wildman–Crippen LogP) is 3.87. The second kappa shape index (κ2) is 8.93. The van der Waals surface area contributed by atoms with E-state index in [4.69, 9.17) is 11.6 Å². The van der Waals surface area contributed by atoms with Gasteiger partial charge in [-0.2, -0.15) is 0 Å². The Hall–Kier alpha value is -2.51. The van der Waals surface area contributed by atoms with Crippen LogP contribution in [0.25, 0.3) is 10.9 Å². The fourth-order valence-corrected chi connectivity index (χ4v) is 5.09. The maximum atomic E-state index is 12.6. The van der Waals surface area contributed by atoms with Crippen molar-refractivity contribution in [2.45, 2.75) is 37.2 Å². The first-order chi connectivity index (χ1) is 14.9. The van der Waals surface area contributed by atoms with Gasteiger partial charge in [0.05, 0.1) is 10.6 Å². The largest absolute Gasteiger partial charge is 0.371 e. The monoisotopic (exact) mass is 459 g/mol. The number of nitrogens with zero attached hydrogens (tertiary/aromatic N) is 2. The van der Waals surface area contributed by atoms with Crippen molar-refractivity contribution in [3.05, 3.63) is 59.8 Å². The minimum Gasteiger partial charge on any atom is -0.371 e. The second-order valence-electron chi connectivity index (χ2n) is 7.87. The lowest BCUT2D eigenvalue weighted by atomic mass is 10.0. The van der Waals surface area contributed by atoms with Crippen LogP contribution < -0.4 is 10.2 Å². The van der Waals surface area contributed by atoms with Crippen molar-refractivity contribution in [3.63, 3.8) is 0 Å². The van der Waals surface area contributed by atoms with Gasteiger partial charge in [0.1, 0.15) is 6.54 Å². The summed E-state index contributed by atoms with van der Waals surface area (Å²) in [6.07, 6.45) is 3.60. The molecule has 1 fully saturated rings. The molecule has 1 N–H and O–H groups in total. The number of carbonyl (C=O) groups is 1. The highest BCUT2D eigenvalue weighted by Crippen LogP contribution is 2.23. The van der Waals surface area contributed by atoms with Gasteiger partial charge in [0, 0.05) is 41.6 Å². The van der Waals surface area contributed by atoms with E-state index in [1.54, 1.807) is 19.1 Å². The molecule has 0 atom stereocenters. The van der Waals surface area contributed by atoms with Crippen LogP contribution in [-0.4, -0.2) is 43.8 Å². The Bertz CT molecular complexity index is 1180. The van der Waals surface area contributed by atoms with Gasteiger partial charge in [0.2, 0.25) is 5.91 Å². The fraction of sp³-hybridized carbons (Fsp3) is 0.348. The molecule has 1 amide bonds. The van der Waals surface area contributed by atoms with Gasteiger partial charge in [-0.3, -0.25) is 4.79 Å². The molecular formula is C23H26ClN3O3S. The summed E-state index contributed by atoms with van der Waals surface area (Å²) < 4.78 is 25.9. The van der Waals surface area contributed by atoms with Crippen molar-refractivity contribution < 1.29 is 13.2 Å². The van der Waals surface area contributed by atoms with Gasteiger partial charge in [-0.25, -0.2) is 8.42 Å². The van der Waals surface area contributed by atoms with E-state index < -0.39 is 9.84 Å². The summed E-state index contributed by atoms with van der Waals surface area (Å²) >= 11 is 6.09. The first-order valence-corrected chi connectivity index (χ1v) is 12.5. The Labute approximate surface area is 187 Å². The molecule has 8 heteroatoms. The molecule has 0 saturated carbocycles. The molecule has 0 radical (unpaired) electrons. The molecule has 6 nitrogen and oxygen atoms in total. The van der Waals surface area contributed by atoms with Gasteiger partial charge in [0.25, 0.3) is 0 Å². The molecular weight excluding hydrogens is 434 g/mol. The summed E-state index contributed by atoms with van der Waals surface area (Å²) in [6, 6.07) is 14.9. The summed E-state index contributed by atoms with van der Waals surface area (Å²) in [5, 5.41) is 4.86. The number of hydrogen-bond donors (Lipinski definition) is 1. The number of aromatic nitrogens is 1. The second-order valence-corrected chi connectivity index (χ2v) is 10.6. The van der Waals surface area contributed by atoms with Crippen LogP contribution in [0.3, 0.4) is 0 Å². The summed E-state index contributed by atoms with van der Waals surface area (Å²) in [4.78, 5) is 15.2. The molecule has 164 valence electrons. The number of carbonyl (C=O) groups excluding carboxylic acids is 1. The number of hydrogen-bond acceptors (Lipinski definition) is 4. The molecule has 2 aromatic carbocycles. The van der Waals surface area contributed by atoms with Crippen molar-refractivity contribution in [1.29, 1.82) is 0 Å². The van der Waals surface area contributed by atoms with Gasteiger partial charge in [-0.05, 0) is 60.7 Å². The molecule has 1 aliphatic rings. The molecule has 1 aromatic heterocycles. The van der Waals surface area contributed by atoms with Crippen LogP contribution >= 0.6 is 11.6 Å². The van der Waals surface area contributed by atoms with Crippen molar-refractivity contribution in [2.75, 3.05) is 23.7 Å². The molecule has 2 heterocycles. The molecule has 31 heavy (non-hydrogen) atoms. The van der Waals surface area contributed by atoms with E-state index in [9.17, 15) is 13.2 Å². The highest BCUT2D eigenvalue weighted by Gasteiger charge is 2.22. The zero-order valence-corrected chi connectivity index (χ0v) is 19.0. The molecule has 0 aliphatic carbocycles. The van der Waals surface area contributed by atoms with Crippen molar-refractivity contribution in [1.82, 2.24) is 9.88 Å². The minimum atomic E-state index is -3.18. The topological polar surface area (TPSA) is 71.4 Å². The Balaban J connectivity index is 1.31. The molecule has 0 unspecified atom stereocenters. The van der Waals surface area contributed by atoms with E-state index in [0.29, 0.717) is 9.92 Å². The van der Waals surface area contributed by atoms with E-state index >= 15 is 0 Å². The van der Waals surface area contributed by atoms with Crippen LogP contribution in [0.5, 0.6) is 0 Å². The lowest BCUT2D eigenvalue weighted by molar-refractivity contribution is -0.122. The zero-order chi connectivity index (χ0) is 22.0. The van der Waals surface area contributed by atoms with Crippen LogP contribution in [0.4, 0.5) is 5.69 Å². The Morgan fingerprint density at radius 3 is 2.48 bits per heavy atom. The SMILES string of the molecule is CCS(=O)(=O)c1ccc(N2CCC(NC(=O)Cn3ccc4ccc(Cl)cc43)CC2)cc1. The highest BCUT2D eigenvalue weighted by molar-refractivity contribution is 7.91. The summed E-state index contributed by atoms with van der Waals surface area (Å²) in [5.41, 5.74) is 1.96. The molecule has 1 saturated heterocycles. The summed E-state index contributed by atoms with van der Waals surface area (Å²) in [7, 11) is -3.18. The normalized spacial score (nSPS) is 15.4. The van der Waals surface area contributed by atoms with Crippen LogP contribution in [0, 0.1) is 0 Å². The van der Waals surface area contributed by atoms with Crippen molar-refractivity contribution >= 4 is 43.9 Å². The number of anilines is 1. The Morgan fingerprint density at radius 1 is 1.10 bits per heavy atom. The molecule has 1 aliphatic heterocycles. The number of benzene rings is 2. The highest BCUT2D eigenvalue weighted by atomic mass is 35.5. The predicted molar refractivity (Wildman–Crippen MR) is 124 cm³/mol. The third-order valence-electron chi connectivity index (χ3n) is 5.85. The standard InChI is InChI=1S/C23H26ClN3O3S/c1-2-31(29,30)21-7-5-20(6-8-21)26-13-10-19(11-14-26)25-23(28)16-27-12-9-17-3-4-18(24)15-22(17)27/h3-9,12,15,19H,2,10-11,13-14,16H2,1H3,(H,25,28). The average molecular weight is 460 g/mol. The van der Waals surface area contributed by atoms with E-state index in [0.717, 1.165) is 42.5 Å². The maximum Gasteiger partial charge on any atom is 0.240 e. The summed E-state index contributed by atoms with van der Waals surface area (Å²) in [6.45, 7) is 3.54. The van der Waals surface area contributed by atoms with Gasteiger partial charge in [0.15, 0.2) is 9.84 Å². The summed E-state index contributed by atoms with van der Waals surface area (Å²) in [5.74, 6) is 0.0913. The van der Waals surface area contributed by atoms with Gasteiger partial charge < -0.3 is 14.8 Å². The zero-order valence-electron chi connectivity index (χ0n) is 17.4. The van der Waals surface area contributed by atoms with Gasteiger partial charge >= 0.3 is 0 Å². The van der Waals surface area contributed by atoms with Gasteiger partial charge in [-0.15, -0.1) is 0 Å². The average Bonchev–Trinajstić information content (AvgIpc) is 3.16. The number of piperidine rings is 1. The third-order valence-corrected chi connectivity index (χ3v) is 7.84. The number of rotatable bonds is 6. The number of nitrogens with one attached hydrogen (secondary N) is 1. The first-order valence-electron chi connectivity index (χ1n) is 10.5. The van der Waals surface area contributed by atoms with Crippen molar-refractivity contribution in [2.24, 2.45) is 0 Å². The lowest BCUT2D eigenvalue weighted by Crippen LogP contribution is -2.45. The third kappa shape index (κ3) is 4.88. The smallest absolute Gasteiger partial charge is 0.240 e.